The first-order valence-corrected chi connectivity index (χ1v) is 10.6. The molecule has 0 radical (unpaired) electrons. The van der Waals surface area contributed by atoms with Gasteiger partial charge in [0.2, 0.25) is 0 Å². The molecule has 2 rings (SSSR count). The number of aryl methyl sites for hydroxylation is 2. The van der Waals surface area contributed by atoms with Gasteiger partial charge in [-0.15, -0.1) is 0 Å². The number of nitrogens with two attached hydrogens (primary N) is 1. The Balaban J connectivity index is 0.000000460. The summed E-state index contributed by atoms with van der Waals surface area (Å²) in [6.45, 7) is 9.57. The first kappa shape index (κ1) is 24.8. The van der Waals surface area contributed by atoms with Crippen molar-refractivity contribution in [2.75, 3.05) is 5.75 Å². The first-order chi connectivity index (χ1) is 12.7. The molecule has 6 heteroatoms. The Hall–Kier alpha value is -2.18. The molecule has 0 saturated heterocycles. The number of sulfone groups is 1. The van der Waals surface area contributed by atoms with Crippen molar-refractivity contribution in [1.82, 2.24) is 0 Å². The van der Waals surface area contributed by atoms with E-state index in [9.17, 15) is 13.2 Å². The maximum absolute atomic E-state index is 11.3. The molecule has 0 heterocycles. The lowest BCUT2D eigenvalue weighted by atomic mass is 10.1. The average Bonchev–Trinajstić information content (AvgIpc) is 2.66. The highest BCUT2D eigenvalue weighted by atomic mass is 32.2. The third kappa shape index (κ3) is 9.35. The average molecular weight is 394 g/mol. The van der Waals surface area contributed by atoms with Crippen LogP contribution in [0.5, 0.6) is 0 Å². The molecule has 0 saturated carbocycles. The molecule has 0 aliphatic heterocycles. The van der Waals surface area contributed by atoms with Gasteiger partial charge in [-0.05, 0) is 38.0 Å². The minimum Gasteiger partial charge on any atom is -0.480 e. The van der Waals surface area contributed by atoms with E-state index < -0.39 is 21.8 Å². The molecular weight excluding hydrogens is 362 g/mol. The molecule has 1 atom stereocenters. The van der Waals surface area contributed by atoms with Gasteiger partial charge in [-0.1, -0.05) is 68.3 Å². The molecule has 27 heavy (non-hydrogen) atoms. The highest BCUT2D eigenvalue weighted by molar-refractivity contribution is 7.91. The third-order valence-corrected chi connectivity index (χ3v) is 5.40. The first-order valence-electron chi connectivity index (χ1n) is 8.99. The molecule has 3 N–H and O–H groups in total. The monoisotopic (exact) mass is 393 g/mol. The SMILES string of the molecule is CC.CCS(=O)(=O)c1ccc(C)cc1.Cc1ccc(CC(N)C(=O)O)cc1. The van der Waals surface area contributed by atoms with E-state index in [0.29, 0.717) is 11.3 Å². The Labute approximate surface area is 163 Å². The number of carboxylic acid groups (broad SMARTS) is 1. The second kappa shape index (κ2) is 12.3. The van der Waals surface area contributed by atoms with Crippen LogP contribution in [-0.2, 0) is 21.1 Å². The van der Waals surface area contributed by atoms with Crippen LogP contribution in [0.3, 0.4) is 0 Å². The van der Waals surface area contributed by atoms with Crippen LogP contribution >= 0.6 is 0 Å². The molecule has 1 unspecified atom stereocenters. The fourth-order valence-electron chi connectivity index (χ4n) is 1.98. The van der Waals surface area contributed by atoms with Gasteiger partial charge in [0.05, 0.1) is 10.6 Å². The number of carboxylic acids is 1. The third-order valence-electron chi connectivity index (χ3n) is 3.65. The van der Waals surface area contributed by atoms with E-state index in [4.69, 9.17) is 10.8 Å². The largest absolute Gasteiger partial charge is 0.480 e. The molecular formula is C21H31NO4S. The molecule has 0 aliphatic rings. The molecule has 0 bridgehead atoms. The summed E-state index contributed by atoms with van der Waals surface area (Å²) in [5.74, 6) is -0.795. The van der Waals surface area contributed by atoms with Gasteiger partial charge in [0.1, 0.15) is 6.04 Å². The molecule has 0 spiro atoms. The number of carbonyl (C=O) groups is 1. The second-order valence-electron chi connectivity index (χ2n) is 5.85. The summed E-state index contributed by atoms with van der Waals surface area (Å²) >= 11 is 0. The summed E-state index contributed by atoms with van der Waals surface area (Å²) in [4.78, 5) is 10.9. The van der Waals surface area contributed by atoms with Gasteiger partial charge in [-0.25, -0.2) is 8.42 Å². The van der Waals surface area contributed by atoms with E-state index in [1.54, 1.807) is 19.1 Å². The standard InChI is InChI=1S/C10H13NO2.C9H12O2S.C2H6/c1-7-2-4-8(5-3-7)6-9(11)10(12)13;1-3-12(10,11)9-6-4-8(2)5-7-9;1-2/h2-5,9H,6,11H2,1H3,(H,12,13);4-7H,3H2,1-2H3;1-2H3. The Morgan fingerprint density at radius 3 is 1.74 bits per heavy atom. The van der Waals surface area contributed by atoms with E-state index in [-0.39, 0.29) is 5.75 Å². The zero-order valence-corrected chi connectivity index (χ0v) is 17.6. The summed E-state index contributed by atoms with van der Waals surface area (Å²) in [6, 6.07) is 13.8. The van der Waals surface area contributed by atoms with Crippen LogP contribution < -0.4 is 5.73 Å². The van der Waals surface area contributed by atoms with Crippen molar-refractivity contribution in [3.63, 3.8) is 0 Å². The molecule has 0 fully saturated rings. The van der Waals surface area contributed by atoms with Gasteiger partial charge in [-0.2, -0.15) is 0 Å². The topological polar surface area (TPSA) is 97.5 Å². The number of hydrogen-bond donors (Lipinski definition) is 2. The van der Waals surface area contributed by atoms with E-state index in [1.165, 1.54) is 0 Å². The molecule has 2 aromatic carbocycles. The van der Waals surface area contributed by atoms with Crippen LogP contribution in [0, 0.1) is 13.8 Å². The highest BCUT2D eigenvalue weighted by Crippen LogP contribution is 2.11. The van der Waals surface area contributed by atoms with Crippen molar-refractivity contribution < 1.29 is 18.3 Å². The number of aliphatic carboxylic acids is 1. The van der Waals surface area contributed by atoms with Crippen LogP contribution in [0.25, 0.3) is 0 Å². The molecule has 0 aromatic heterocycles. The quantitative estimate of drug-likeness (QED) is 0.806. The van der Waals surface area contributed by atoms with Crippen molar-refractivity contribution >= 4 is 15.8 Å². The predicted octanol–water partition coefficient (Wildman–Crippen LogP) is 3.76. The van der Waals surface area contributed by atoms with Gasteiger partial charge in [0.15, 0.2) is 9.84 Å². The van der Waals surface area contributed by atoms with Crippen molar-refractivity contribution in [3.05, 3.63) is 65.2 Å². The zero-order valence-electron chi connectivity index (χ0n) is 16.8. The summed E-state index contributed by atoms with van der Waals surface area (Å²) < 4.78 is 22.6. The van der Waals surface area contributed by atoms with Crippen molar-refractivity contribution in [3.8, 4) is 0 Å². The Morgan fingerprint density at radius 2 is 1.37 bits per heavy atom. The minimum absolute atomic E-state index is 0.163. The van der Waals surface area contributed by atoms with E-state index in [0.717, 1.165) is 16.7 Å². The number of hydrogen-bond acceptors (Lipinski definition) is 4. The highest BCUT2D eigenvalue weighted by Gasteiger charge is 2.11. The van der Waals surface area contributed by atoms with Crippen molar-refractivity contribution in [1.29, 1.82) is 0 Å². The van der Waals surface area contributed by atoms with Crippen LogP contribution in [0.1, 0.15) is 37.5 Å². The van der Waals surface area contributed by atoms with Crippen LogP contribution in [-0.4, -0.2) is 31.3 Å². The van der Waals surface area contributed by atoms with E-state index >= 15 is 0 Å². The van der Waals surface area contributed by atoms with Gasteiger partial charge in [0.25, 0.3) is 0 Å². The Kier molecular flexibility index (Phi) is 11.3. The maximum atomic E-state index is 11.3. The number of benzene rings is 2. The fraction of sp³-hybridized carbons (Fsp3) is 0.381. The van der Waals surface area contributed by atoms with Gasteiger partial charge in [-0.3, -0.25) is 4.79 Å². The molecule has 2 aromatic rings. The van der Waals surface area contributed by atoms with E-state index in [2.05, 4.69) is 0 Å². The van der Waals surface area contributed by atoms with Gasteiger partial charge >= 0.3 is 5.97 Å². The lowest BCUT2D eigenvalue weighted by Gasteiger charge is -2.05. The summed E-state index contributed by atoms with van der Waals surface area (Å²) in [5.41, 5.74) is 8.58. The fourth-order valence-corrected chi connectivity index (χ4v) is 2.86. The van der Waals surface area contributed by atoms with Gasteiger partial charge < -0.3 is 10.8 Å². The number of rotatable bonds is 5. The van der Waals surface area contributed by atoms with Crippen molar-refractivity contribution in [2.45, 2.75) is 52.0 Å². The Morgan fingerprint density at radius 1 is 0.963 bits per heavy atom. The van der Waals surface area contributed by atoms with Crippen LogP contribution in [0.15, 0.2) is 53.4 Å². The summed E-state index contributed by atoms with van der Waals surface area (Å²) in [6.07, 6.45) is 0.385. The normalized spacial score (nSPS) is 11.3. The second-order valence-corrected chi connectivity index (χ2v) is 8.13. The summed E-state index contributed by atoms with van der Waals surface area (Å²) in [7, 11) is -3.01. The molecule has 0 aliphatic carbocycles. The zero-order chi connectivity index (χ0) is 21.0. The summed E-state index contributed by atoms with van der Waals surface area (Å²) in [5, 5.41) is 8.57. The van der Waals surface area contributed by atoms with Crippen LogP contribution in [0.4, 0.5) is 0 Å². The smallest absolute Gasteiger partial charge is 0.320 e. The van der Waals surface area contributed by atoms with E-state index in [1.807, 2.05) is 64.1 Å². The predicted molar refractivity (Wildman–Crippen MR) is 111 cm³/mol. The molecule has 0 amide bonds. The molecule has 150 valence electrons. The molecule has 5 nitrogen and oxygen atoms in total. The maximum Gasteiger partial charge on any atom is 0.320 e. The van der Waals surface area contributed by atoms with Gasteiger partial charge in [0, 0.05) is 0 Å². The van der Waals surface area contributed by atoms with Crippen LogP contribution in [0.2, 0.25) is 0 Å². The Bertz CT molecular complexity index is 782. The minimum atomic E-state index is -3.01. The lowest BCUT2D eigenvalue weighted by molar-refractivity contribution is -0.138. The lowest BCUT2D eigenvalue weighted by Crippen LogP contribution is -2.32. The van der Waals surface area contributed by atoms with Crippen molar-refractivity contribution in [2.24, 2.45) is 5.73 Å².